The van der Waals surface area contributed by atoms with Gasteiger partial charge in [0.25, 0.3) is 0 Å². The van der Waals surface area contributed by atoms with E-state index in [1.165, 1.54) is 56.5 Å². The average molecular weight is 771 g/mol. The van der Waals surface area contributed by atoms with Gasteiger partial charge in [-0.25, -0.2) is 4.79 Å². The smallest absolute Gasteiger partial charge is 0.331 e. The molecule has 0 spiro atoms. The molecule has 3 aliphatic heterocycles. The van der Waals surface area contributed by atoms with E-state index in [1.54, 1.807) is 0 Å². The summed E-state index contributed by atoms with van der Waals surface area (Å²) in [6.07, 6.45) is -19.9. The minimum absolute atomic E-state index is 0.126. The SMILES string of the molecule is COc1cc(C=CC(=O)O[C@H]2[C@@H](O[C@@H]3O[C@H](C)[C@H](O)[C@@H](O)[C@H]3O[C@@H]3OC[C@H](O)[C@H](O)[C@H]3O)[C@@H](O)[C@H](OCCc3ccc(O)c(O)c3)O[C@@H]2CO)ccc1O. The van der Waals surface area contributed by atoms with Crippen LogP contribution in [0.4, 0.5) is 0 Å². The highest BCUT2D eigenvalue weighted by molar-refractivity contribution is 5.87. The van der Waals surface area contributed by atoms with Crippen LogP contribution in [-0.2, 0) is 44.4 Å². The topological polar surface area (TPSA) is 293 Å². The fourth-order valence-corrected chi connectivity index (χ4v) is 6.10. The monoisotopic (exact) mass is 770 g/mol. The molecule has 0 amide bonds. The second kappa shape index (κ2) is 18.3. The van der Waals surface area contributed by atoms with E-state index >= 15 is 0 Å². The van der Waals surface area contributed by atoms with Gasteiger partial charge in [0, 0.05) is 6.08 Å². The van der Waals surface area contributed by atoms with Crippen molar-refractivity contribution in [2.24, 2.45) is 0 Å². The summed E-state index contributed by atoms with van der Waals surface area (Å²) < 4.78 is 45.4. The van der Waals surface area contributed by atoms with E-state index in [9.17, 15) is 55.9 Å². The van der Waals surface area contributed by atoms with Gasteiger partial charge in [0.05, 0.1) is 33.0 Å². The molecule has 5 rings (SSSR count). The van der Waals surface area contributed by atoms with Crippen LogP contribution in [0.1, 0.15) is 18.1 Å². The summed E-state index contributed by atoms with van der Waals surface area (Å²) in [5.74, 6) is -1.67. The molecule has 2 aromatic carbocycles. The molecule has 0 unspecified atom stereocenters. The van der Waals surface area contributed by atoms with Gasteiger partial charge in [-0.1, -0.05) is 12.1 Å². The van der Waals surface area contributed by atoms with E-state index in [0.717, 1.165) is 6.08 Å². The molecule has 19 heteroatoms. The largest absolute Gasteiger partial charge is 0.504 e. The first-order valence-electron chi connectivity index (χ1n) is 17.0. The first kappa shape index (κ1) is 41.5. The van der Waals surface area contributed by atoms with Crippen molar-refractivity contribution in [2.45, 2.75) is 99.4 Å². The Morgan fingerprint density at radius 3 is 2.22 bits per heavy atom. The maximum absolute atomic E-state index is 13.2. The van der Waals surface area contributed by atoms with Gasteiger partial charge < -0.3 is 89.0 Å². The molecule has 19 nitrogen and oxygen atoms in total. The standard InChI is InChI=1S/C35H46O19/c1-15-25(42)27(44)32(54-33-28(45)26(43)21(40)14-49-33)35(50-15)53-31-29(46)34(48-10-9-17-3-6-18(37)20(39)11-17)51-23(13-36)30(31)52-24(41)8-5-16-4-7-19(38)22(12-16)47-2/h3-8,11-12,15,21,23,25-40,42-46H,9-10,13-14H2,1-2H3/t15-,21+,23-,25+,26+,27-,28-,29-,30-,31+,32-,33+,34-,35+/m1/s1. The zero-order chi connectivity index (χ0) is 39.3. The number of phenolic OH excluding ortho intramolecular Hbond substituents is 3. The molecule has 0 saturated carbocycles. The molecule has 0 bridgehead atoms. The van der Waals surface area contributed by atoms with Crippen molar-refractivity contribution < 1.29 is 93.8 Å². The molecule has 54 heavy (non-hydrogen) atoms. The molecule has 3 fully saturated rings. The highest BCUT2D eigenvalue weighted by Crippen LogP contribution is 2.34. The van der Waals surface area contributed by atoms with Gasteiger partial charge in [-0.05, 0) is 54.8 Å². The summed E-state index contributed by atoms with van der Waals surface area (Å²) in [6, 6.07) is 8.41. The predicted octanol–water partition coefficient (Wildman–Crippen LogP) is -2.25. The Hall–Kier alpha value is -3.67. The number of phenols is 3. The lowest BCUT2D eigenvalue weighted by Crippen LogP contribution is -2.66. The Labute approximate surface area is 308 Å². The van der Waals surface area contributed by atoms with Crippen molar-refractivity contribution in [3.05, 3.63) is 53.6 Å². The van der Waals surface area contributed by atoms with Crippen molar-refractivity contribution in [2.75, 3.05) is 26.9 Å². The van der Waals surface area contributed by atoms with Gasteiger partial charge in [0.15, 0.2) is 48.0 Å². The third-order valence-corrected chi connectivity index (χ3v) is 9.20. The minimum Gasteiger partial charge on any atom is -0.504 e. The Balaban J connectivity index is 1.40. The Kier molecular flexibility index (Phi) is 14.1. The molecular weight excluding hydrogens is 724 g/mol. The third kappa shape index (κ3) is 9.58. The van der Waals surface area contributed by atoms with Crippen LogP contribution in [0.3, 0.4) is 0 Å². The Morgan fingerprint density at radius 2 is 1.52 bits per heavy atom. The highest BCUT2D eigenvalue weighted by Gasteiger charge is 2.54. The zero-order valence-corrected chi connectivity index (χ0v) is 29.2. The van der Waals surface area contributed by atoms with E-state index < -0.39 is 105 Å². The number of ether oxygens (including phenoxy) is 8. The van der Waals surface area contributed by atoms with Crippen LogP contribution in [0.2, 0.25) is 0 Å². The fourth-order valence-electron chi connectivity index (χ4n) is 6.10. The number of aliphatic hydroxyl groups is 7. The molecule has 0 radical (unpaired) electrons. The van der Waals surface area contributed by atoms with Gasteiger partial charge in [-0.3, -0.25) is 0 Å². The number of hydrogen-bond donors (Lipinski definition) is 10. The number of benzene rings is 2. The van der Waals surface area contributed by atoms with Gasteiger partial charge in [0.2, 0.25) is 0 Å². The van der Waals surface area contributed by atoms with Crippen LogP contribution in [0, 0.1) is 0 Å². The molecule has 3 aliphatic rings. The number of aromatic hydroxyl groups is 3. The van der Waals surface area contributed by atoms with E-state index in [-0.39, 0.29) is 36.0 Å². The van der Waals surface area contributed by atoms with Gasteiger partial charge >= 0.3 is 5.97 Å². The number of carbonyl (C=O) groups is 1. The quantitative estimate of drug-likeness (QED) is 0.0585. The molecular formula is C35H46O19. The lowest BCUT2D eigenvalue weighted by molar-refractivity contribution is -0.381. The first-order valence-corrected chi connectivity index (χ1v) is 17.0. The number of carbonyl (C=O) groups excluding carboxylic acids is 1. The van der Waals surface area contributed by atoms with Crippen LogP contribution < -0.4 is 4.74 Å². The van der Waals surface area contributed by atoms with Crippen molar-refractivity contribution in [1.29, 1.82) is 0 Å². The Morgan fingerprint density at radius 1 is 0.796 bits per heavy atom. The second-order valence-electron chi connectivity index (χ2n) is 13.0. The normalized spacial score (nSPS) is 35.9. The summed E-state index contributed by atoms with van der Waals surface area (Å²) in [5.41, 5.74) is 0.985. The van der Waals surface area contributed by atoms with Gasteiger partial charge in [0.1, 0.15) is 54.9 Å². The number of hydrogen-bond acceptors (Lipinski definition) is 19. The summed E-state index contributed by atoms with van der Waals surface area (Å²) in [7, 11) is 1.35. The minimum atomic E-state index is -1.81. The fraction of sp³-hybridized carbons (Fsp3) is 0.571. The molecule has 2 aromatic rings. The molecule has 300 valence electrons. The van der Waals surface area contributed by atoms with E-state index in [0.29, 0.717) is 11.1 Å². The zero-order valence-electron chi connectivity index (χ0n) is 29.2. The molecule has 0 aliphatic carbocycles. The van der Waals surface area contributed by atoms with Crippen LogP contribution >= 0.6 is 0 Å². The lowest BCUT2D eigenvalue weighted by Gasteiger charge is -2.48. The van der Waals surface area contributed by atoms with E-state index in [2.05, 4.69) is 0 Å². The molecule has 10 N–H and O–H groups in total. The molecule has 3 saturated heterocycles. The third-order valence-electron chi connectivity index (χ3n) is 9.20. The highest BCUT2D eigenvalue weighted by atomic mass is 16.8. The lowest BCUT2D eigenvalue weighted by atomic mass is 9.96. The Bertz CT molecular complexity index is 1570. The molecule has 14 atom stereocenters. The summed E-state index contributed by atoms with van der Waals surface area (Å²) >= 11 is 0. The van der Waals surface area contributed by atoms with Gasteiger partial charge in [-0.15, -0.1) is 0 Å². The second-order valence-corrected chi connectivity index (χ2v) is 13.0. The van der Waals surface area contributed by atoms with E-state index in [1.807, 2.05) is 0 Å². The average Bonchev–Trinajstić information content (AvgIpc) is 3.15. The number of esters is 1. The predicted molar refractivity (Wildman–Crippen MR) is 179 cm³/mol. The molecule has 0 aromatic heterocycles. The number of aliphatic hydroxyl groups excluding tert-OH is 7. The van der Waals surface area contributed by atoms with Crippen LogP contribution in [-0.4, -0.2) is 170 Å². The first-order chi connectivity index (χ1) is 25.7. The van der Waals surface area contributed by atoms with Crippen molar-refractivity contribution in [3.63, 3.8) is 0 Å². The van der Waals surface area contributed by atoms with Crippen LogP contribution in [0.15, 0.2) is 42.5 Å². The summed E-state index contributed by atoms with van der Waals surface area (Å²) in [4.78, 5) is 13.2. The van der Waals surface area contributed by atoms with Crippen LogP contribution in [0.5, 0.6) is 23.0 Å². The maximum Gasteiger partial charge on any atom is 0.331 e. The van der Waals surface area contributed by atoms with Crippen molar-refractivity contribution in [3.8, 4) is 23.0 Å². The number of methoxy groups -OCH3 is 1. The number of rotatable bonds is 13. The van der Waals surface area contributed by atoms with Crippen molar-refractivity contribution >= 4 is 12.0 Å². The molecule has 3 heterocycles. The van der Waals surface area contributed by atoms with Crippen LogP contribution in [0.25, 0.3) is 6.08 Å². The van der Waals surface area contributed by atoms with E-state index in [4.69, 9.17) is 37.9 Å². The summed E-state index contributed by atoms with van der Waals surface area (Å²) in [5, 5.41) is 104. The van der Waals surface area contributed by atoms with Crippen molar-refractivity contribution in [1.82, 2.24) is 0 Å². The van der Waals surface area contributed by atoms with Gasteiger partial charge in [-0.2, -0.15) is 0 Å². The summed E-state index contributed by atoms with van der Waals surface area (Å²) in [6.45, 7) is 0.0235. The maximum atomic E-state index is 13.2.